The maximum Gasteiger partial charge on any atom is 0.363 e. The summed E-state index contributed by atoms with van der Waals surface area (Å²) in [4.78, 5) is 16.4. The molecule has 4 heteroatoms. The number of carbonyl (C=O) groups excluding carboxylic acids is 1. The highest BCUT2D eigenvalue weighted by atomic mass is 79.9. The summed E-state index contributed by atoms with van der Waals surface area (Å²) in [5, 5.41) is 0. The Morgan fingerprint density at radius 3 is 2.42 bits per heavy atom. The Kier molecular flexibility index (Phi) is 4.41. The number of halogens is 1. The van der Waals surface area contributed by atoms with E-state index in [1.54, 1.807) is 6.08 Å². The average molecular weight is 384 g/mol. The first-order valence-electron chi connectivity index (χ1n) is 7.72. The van der Waals surface area contributed by atoms with Gasteiger partial charge in [-0.15, -0.1) is 0 Å². The van der Waals surface area contributed by atoms with Gasteiger partial charge in [0, 0.05) is 10.0 Å². The van der Waals surface area contributed by atoms with Gasteiger partial charge < -0.3 is 4.74 Å². The maximum absolute atomic E-state index is 12.1. The smallest absolute Gasteiger partial charge is 0.363 e. The number of nitrogens with zero attached hydrogens (tertiary/aromatic N) is 1. The van der Waals surface area contributed by atoms with Crippen molar-refractivity contribution in [2.45, 2.75) is 26.2 Å². The Morgan fingerprint density at radius 1 is 1.08 bits per heavy atom. The van der Waals surface area contributed by atoms with Gasteiger partial charge in [-0.05, 0) is 40.8 Å². The number of rotatable bonds is 2. The van der Waals surface area contributed by atoms with Gasteiger partial charge in [-0.2, -0.15) is 0 Å². The van der Waals surface area contributed by atoms with Crippen LogP contribution in [-0.4, -0.2) is 11.9 Å². The molecule has 1 heterocycles. The number of hydrogen-bond donors (Lipinski definition) is 0. The monoisotopic (exact) mass is 383 g/mol. The van der Waals surface area contributed by atoms with Crippen molar-refractivity contribution in [2.24, 2.45) is 4.99 Å². The molecule has 0 atom stereocenters. The van der Waals surface area contributed by atoms with Crippen molar-refractivity contribution in [3.63, 3.8) is 0 Å². The molecule has 0 N–H and O–H groups in total. The standard InChI is InChI=1S/C20H18BrNO2/c1-20(2,3)15-9-7-13(8-10-15)11-17-19(23)24-18(22-17)14-5-4-6-16(21)12-14/h4-12H,1-3H3. The molecule has 122 valence electrons. The molecule has 24 heavy (non-hydrogen) atoms. The van der Waals surface area contributed by atoms with E-state index in [2.05, 4.69) is 53.8 Å². The number of carbonyl (C=O) groups is 1. The van der Waals surface area contributed by atoms with Crippen LogP contribution in [0.2, 0.25) is 0 Å². The molecule has 1 aliphatic heterocycles. The number of esters is 1. The largest absolute Gasteiger partial charge is 0.402 e. The van der Waals surface area contributed by atoms with Crippen LogP contribution >= 0.6 is 15.9 Å². The Bertz CT molecular complexity index is 843. The van der Waals surface area contributed by atoms with E-state index < -0.39 is 5.97 Å². The van der Waals surface area contributed by atoms with E-state index in [-0.39, 0.29) is 5.41 Å². The number of hydrogen-bond acceptors (Lipinski definition) is 3. The Balaban J connectivity index is 1.88. The summed E-state index contributed by atoms with van der Waals surface area (Å²) in [6.07, 6.45) is 1.75. The minimum Gasteiger partial charge on any atom is -0.402 e. The second-order valence-corrected chi connectivity index (χ2v) is 7.63. The Morgan fingerprint density at radius 2 is 1.79 bits per heavy atom. The van der Waals surface area contributed by atoms with Crippen LogP contribution in [-0.2, 0) is 14.9 Å². The molecule has 0 saturated carbocycles. The summed E-state index contributed by atoms with van der Waals surface area (Å²) in [6.45, 7) is 6.51. The molecule has 0 spiro atoms. The third kappa shape index (κ3) is 3.65. The molecule has 0 fully saturated rings. The summed E-state index contributed by atoms with van der Waals surface area (Å²) < 4.78 is 6.20. The zero-order valence-electron chi connectivity index (χ0n) is 13.8. The molecule has 0 amide bonds. The lowest BCUT2D eigenvalue weighted by Gasteiger charge is -2.18. The van der Waals surface area contributed by atoms with Gasteiger partial charge in [0.15, 0.2) is 5.70 Å². The quantitative estimate of drug-likeness (QED) is 0.534. The first-order chi connectivity index (χ1) is 11.3. The fraction of sp³-hybridized carbons (Fsp3) is 0.200. The van der Waals surface area contributed by atoms with Crippen LogP contribution in [0.3, 0.4) is 0 Å². The van der Waals surface area contributed by atoms with Gasteiger partial charge in [0.25, 0.3) is 0 Å². The lowest BCUT2D eigenvalue weighted by molar-refractivity contribution is -0.129. The zero-order chi connectivity index (χ0) is 17.3. The van der Waals surface area contributed by atoms with Gasteiger partial charge >= 0.3 is 5.97 Å². The van der Waals surface area contributed by atoms with Crippen molar-refractivity contribution in [2.75, 3.05) is 0 Å². The third-order valence-electron chi connectivity index (χ3n) is 3.77. The van der Waals surface area contributed by atoms with Gasteiger partial charge in [-0.25, -0.2) is 9.79 Å². The number of ether oxygens (including phenoxy) is 1. The Hall–Kier alpha value is -2.20. The molecule has 0 bridgehead atoms. The van der Waals surface area contributed by atoms with Crippen LogP contribution in [0.4, 0.5) is 0 Å². The summed E-state index contributed by atoms with van der Waals surface area (Å²) in [5.74, 6) is -0.0938. The highest BCUT2D eigenvalue weighted by molar-refractivity contribution is 9.10. The van der Waals surface area contributed by atoms with E-state index in [9.17, 15) is 4.79 Å². The van der Waals surface area contributed by atoms with E-state index in [0.717, 1.165) is 15.6 Å². The van der Waals surface area contributed by atoms with Crippen molar-refractivity contribution in [1.29, 1.82) is 0 Å². The van der Waals surface area contributed by atoms with E-state index in [0.29, 0.717) is 11.6 Å². The molecule has 0 radical (unpaired) electrons. The fourth-order valence-electron chi connectivity index (χ4n) is 2.39. The summed E-state index contributed by atoms with van der Waals surface area (Å²) in [7, 11) is 0. The van der Waals surface area contributed by atoms with Gasteiger partial charge in [0.1, 0.15) is 0 Å². The predicted octanol–water partition coefficient (Wildman–Crippen LogP) is 5.09. The molecule has 3 nitrogen and oxygen atoms in total. The van der Waals surface area contributed by atoms with E-state index >= 15 is 0 Å². The average Bonchev–Trinajstić information content (AvgIpc) is 2.88. The van der Waals surface area contributed by atoms with Gasteiger partial charge in [-0.1, -0.05) is 67.0 Å². The summed E-state index contributed by atoms with van der Waals surface area (Å²) >= 11 is 3.41. The van der Waals surface area contributed by atoms with Crippen molar-refractivity contribution < 1.29 is 9.53 Å². The molecular weight excluding hydrogens is 366 g/mol. The van der Waals surface area contributed by atoms with Crippen molar-refractivity contribution >= 4 is 33.9 Å². The molecule has 0 unspecified atom stereocenters. The molecule has 3 rings (SSSR count). The highest BCUT2D eigenvalue weighted by Crippen LogP contribution is 2.24. The van der Waals surface area contributed by atoms with E-state index in [1.165, 1.54) is 5.56 Å². The molecular formula is C20H18BrNO2. The fourth-order valence-corrected chi connectivity index (χ4v) is 2.79. The number of cyclic esters (lactones) is 1. The molecule has 0 aliphatic carbocycles. The number of benzene rings is 2. The van der Waals surface area contributed by atoms with E-state index in [4.69, 9.17) is 4.74 Å². The lowest BCUT2D eigenvalue weighted by atomic mass is 9.87. The van der Waals surface area contributed by atoms with Crippen molar-refractivity contribution in [3.05, 3.63) is 75.4 Å². The lowest BCUT2D eigenvalue weighted by Crippen LogP contribution is -2.10. The topological polar surface area (TPSA) is 38.7 Å². The van der Waals surface area contributed by atoms with Crippen LogP contribution in [0.1, 0.15) is 37.5 Å². The van der Waals surface area contributed by atoms with Crippen LogP contribution in [0.25, 0.3) is 6.08 Å². The normalized spacial score (nSPS) is 16.2. The minimum absolute atomic E-state index is 0.101. The summed E-state index contributed by atoms with van der Waals surface area (Å²) in [6, 6.07) is 15.7. The van der Waals surface area contributed by atoms with Crippen LogP contribution in [0.15, 0.2) is 63.7 Å². The maximum atomic E-state index is 12.1. The van der Waals surface area contributed by atoms with E-state index in [1.807, 2.05) is 36.4 Å². The molecule has 1 aliphatic rings. The van der Waals surface area contributed by atoms with Crippen LogP contribution < -0.4 is 0 Å². The molecule has 0 saturated heterocycles. The highest BCUT2D eigenvalue weighted by Gasteiger charge is 2.24. The SMILES string of the molecule is CC(C)(C)c1ccc(C=C2N=C(c3cccc(Br)c3)OC2=O)cc1. The predicted molar refractivity (Wildman–Crippen MR) is 99.9 cm³/mol. The third-order valence-corrected chi connectivity index (χ3v) is 4.27. The first-order valence-corrected chi connectivity index (χ1v) is 8.51. The zero-order valence-corrected chi connectivity index (χ0v) is 15.4. The van der Waals surface area contributed by atoms with Crippen molar-refractivity contribution in [3.8, 4) is 0 Å². The Labute approximate surface area is 150 Å². The summed E-state index contributed by atoms with van der Waals surface area (Å²) in [5.41, 5.74) is 3.35. The van der Waals surface area contributed by atoms with Gasteiger partial charge in [-0.3, -0.25) is 0 Å². The van der Waals surface area contributed by atoms with Gasteiger partial charge in [0.05, 0.1) is 0 Å². The first kappa shape index (κ1) is 16.7. The van der Waals surface area contributed by atoms with Crippen LogP contribution in [0.5, 0.6) is 0 Å². The number of aliphatic imine (C=N–C) groups is 1. The van der Waals surface area contributed by atoms with Crippen molar-refractivity contribution in [1.82, 2.24) is 0 Å². The van der Waals surface area contributed by atoms with Gasteiger partial charge in [0.2, 0.25) is 5.90 Å². The second-order valence-electron chi connectivity index (χ2n) is 6.72. The minimum atomic E-state index is -0.426. The second kappa shape index (κ2) is 6.36. The molecule has 2 aromatic carbocycles. The molecule has 2 aromatic rings. The van der Waals surface area contributed by atoms with Crippen LogP contribution in [0, 0.1) is 0 Å². The molecule has 0 aromatic heterocycles.